The number of likely N-dealkylation sites (N-methyl/N-ethyl adjacent to an activating group) is 1. The van der Waals surface area contributed by atoms with Crippen molar-refractivity contribution in [2.45, 2.75) is 26.7 Å². The van der Waals surface area contributed by atoms with E-state index in [0.29, 0.717) is 5.69 Å². The maximum absolute atomic E-state index is 12.7. The molecule has 1 aromatic carbocycles. The summed E-state index contributed by atoms with van der Waals surface area (Å²) in [6, 6.07) is 5.94. The number of hydrogen-bond donors (Lipinski definition) is 0. The lowest BCUT2D eigenvalue weighted by molar-refractivity contribution is -0.384. The van der Waals surface area contributed by atoms with Crippen LogP contribution in [0.2, 0.25) is 0 Å². The minimum atomic E-state index is -0.462. The normalized spacial score (nSPS) is 12.0. The van der Waals surface area contributed by atoms with Crippen molar-refractivity contribution < 1.29 is 9.72 Å². The fraction of sp³-hybridized carbons (Fsp3) is 0.375. The van der Waals surface area contributed by atoms with Gasteiger partial charge < -0.3 is 4.90 Å². The van der Waals surface area contributed by atoms with Crippen LogP contribution < -0.4 is 4.90 Å². The van der Waals surface area contributed by atoms with Crippen LogP contribution in [0.4, 0.5) is 11.4 Å². The molecular weight excluding hydrogens is 296 g/mol. The van der Waals surface area contributed by atoms with Gasteiger partial charge in [-0.25, -0.2) is 0 Å². The van der Waals surface area contributed by atoms with Crippen LogP contribution in [0.15, 0.2) is 24.3 Å². The third kappa shape index (κ3) is 3.08. The molecule has 23 heavy (non-hydrogen) atoms. The second kappa shape index (κ2) is 6.20. The van der Waals surface area contributed by atoms with Crippen LogP contribution >= 0.6 is 0 Å². The molecule has 2 aromatic rings. The van der Waals surface area contributed by atoms with Crippen LogP contribution in [0.3, 0.4) is 0 Å². The molecule has 0 saturated heterocycles. The molecule has 0 bridgehead atoms. The number of benzene rings is 1. The van der Waals surface area contributed by atoms with Gasteiger partial charge in [-0.3, -0.25) is 19.6 Å². The molecule has 0 saturated carbocycles. The molecule has 0 aliphatic rings. The van der Waals surface area contributed by atoms with Crippen molar-refractivity contribution in [1.82, 2.24) is 9.78 Å². The molecule has 7 heteroatoms. The molecule has 0 N–H and O–H groups in total. The van der Waals surface area contributed by atoms with Crippen molar-refractivity contribution in [3.8, 4) is 0 Å². The van der Waals surface area contributed by atoms with Crippen LogP contribution in [-0.4, -0.2) is 27.7 Å². The van der Waals surface area contributed by atoms with Gasteiger partial charge in [-0.2, -0.15) is 5.10 Å². The zero-order chi connectivity index (χ0) is 17.3. The Morgan fingerprint density at radius 1 is 1.30 bits per heavy atom. The van der Waals surface area contributed by atoms with Gasteiger partial charge in [0.1, 0.15) is 0 Å². The quantitative estimate of drug-likeness (QED) is 0.641. The van der Waals surface area contributed by atoms with E-state index in [9.17, 15) is 14.9 Å². The largest absolute Gasteiger partial charge is 0.315 e. The lowest BCUT2D eigenvalue weighted by Crippen LogP contribution is -2.30. The van der Waals surface area contributed by atoms with Crippen molar-refractivity contribution in [2.75, 3.05) is 11.9 Å². The first kappa shape index (κ1) is 16.7. The molecule has 0 spiro atoms. The van der Waals surface area contributed by atoms with Crippen LogP contribution in [-0.2, 0) is 11.8 Å². The lowest BCUT2D eigenvalue weighted by Gasteiger charge is -2.22. The Balaban J connectivity index is 2.26. The number of aryl methyl sites for hydroxylation is 2. The maximum Gasteiger partial charge on any atom is 0.269 e. The number of amides is 1. The summed E-state index contributed by atoms with van der Waals surface area (Å²) < 4.78 is 1.76. The second-order valence-corrected chi connectivity index (χ2v) is 5.60. The molecule has 122 valence electrons. The highest BCUT2D eigenvalue weighted by atomic mass is 16.6. The number of non-ortho nitro benzene ring substituents is 1. The molecule has 2 rings (SSSR count). The van der Waals surface area contributed by atoms with Gasteiger partial charge in [0.25, 0.3) is 5.69 Å². The SMILES string of the molecule is Cc1nn(C)c(C)c1[C@H](C)C(=O)N(C)c1ccc([N+](=O)[O-])cc1. The van der Waals surface area contributed by atoms with E-state index in [1.54, 1.807) is 23.9 Å². The summed E-state index contributed by atoms with van der Waals surface area (Å²) in [5, 5.41) is 15.1. The highest BCUT2D eigenvalue weighted by Crippen LogP contribution is 2.27. The summed E-state index contributed by atoms with van der Waals surface area (Å²) in [4.78, 5) is 24.5. The predicted molar refractivity (Wildman–Crippen MR) is 87.6 cm³/mol. The predicted octanol–water partition coefficient (Wildman–Crippen LogP) is 2.71. The van der Waals surface area contributed by atoms with E-state index in [2.05, 4.69) is 5.10 Å². The molecule has 0 aliphatic heterocycles. The van der Waals surface area contributed by atoms with Crippen LogP contribution in [0.5, 0.6) is 0 Å². The molecule has 7 nitrogen and oxygen atoms in total. The minimum Gasteiger partial charge on any atom is -0.315 e. The Morgan fingerprint density at radius 2 is 1.87 bits per heavy atom. The summed E-state index contributed by atoms with van der Waals surface area (Å²) in [5.41, 5.74) is 3.34. The highest BCUT2D eigenvalue weighted by molar-refractivity contribution is 5.97. The van der Waals surface area contributed by atoms with E-state index in [-0.39, 0.29) is 17.5 Å². The van der Waals surface area contributed by atoms with E-state index in [1.807, 2.05) is 27.8 Å². The molecule has 1 aromatic heterocycles. The van der Waals surface area contributed by atoms with Crippen molar-refractivity contribution >= 4 is 17.3 Å². The summed E-state index contributed by atoms with van der Waals surface area (Å²) in [5.74, 6) is -0.429. The molecule has 1 atom stereocenters. The molecule has 1 amide bonds. The molecular formula is C16H20N4O3. The van der Waals surface area contributed by atoms with Crippen molar-refractivity contribution in [2.24, 2.45) is 7.05 Å². The van der Waals surface area contributed by atoms with E-state index >= 15 is 0 Å². The fourth-order valence-corrected chi connectivity index (χ4v) is 2.76. The number of nitrogens with zero attached hydrogens (tertiary/aromatic N) is 4. The van der Waals surface area contributed by atoms with E-state index in [0.717, 1.165) is 17.0 Å². The second-order valence-electron chi connectivity index (χ2n) is 5.60. The van der Waals surface area contributed by atoms with Gasteiger partial charge in [-0.1, -0.05) is 0 Å². The van der Waals surface area contributed by atoms with Gasteiger partial charge in [0.2, 0.25) is 5.91 Å². The first-order valence-electron chi connectivity index (χ1n) is 7.26. The zero-order valence-corrected chi connectivity index (χ0v) is 13.9. The van der Waals surface area contributed by atoms with Gasteiger partial charge in [0, 0.05) is 43.2 Å². The monoisotopic (exact) mass is 316 g/mol. The van der Waals surface area contributed by atoms with E-state index in [4.69, 9.17) is 0 Å². The average Bonchev–Trinajstić information content (AvgIpc) is 2.78. The zero-order valence-electron chi connectivity index (χ0n) is 13.9. The number of carbonyl (C=O) groups excluding carboxylic acids is 1. The fourth-order valence-electron chi connectivity index (χ4n) is 2.76. The Labute approximate surface area is 134 Å². The standard InChI is InChI=1S/C16H20N4O3/c1-10(15-11(2)17-19(5)12(15)3)16(21)18(4)13-6-8-14(9-7-13)20(22)23/h6-10H,1-5H3/t10-/m0/s1. The van der Waals surface area contributed by atoms with Crippen LogP contribution in [0.25, 0.3) is 0 Å². The molecule has 0 fully saturated rings. The summed E-state index contributed by atoms with van der Waals surface area (Å²) >= 11 is 0. The van der Waals surface area contributed by atoms with Crippen LogP contribution in [0.1, 0.15) is 29.8 Å². The number of hydrogen-bond acceptors (Lipinski definition) is 4. The van der Waals surface area contributed by atoms with E-state index < -0.39 is 4.92 Å². The Bertz CT molecular complexity index is 749. The summed E-state index contributed by atoms with van der Waals surface area (Å²) in [6.07, 6.45) is 0. The molecule has 0 radical (unpaired) electrons. The first-order chi connectivity index (χ1) is 10.7. The van der Waals surface area contributed by atoms with Gasteiger partial charge >= 0.3 is 0 Å². The lowest BCUT2D eigenvalue weighted by atomic mass is 9.97. The Kier molecular flexibility index (Phi) is 4.49. The average molecular weight is 316 g/mol. The third-order valence-electron chi connectivity index (χ3n) is 4.15. The van der Waals surface area contributed by atoms with Crippen molar-refractivity contribution in [3.05, 3.63) is 51.3 Å². The van der Waals surface area contributed by atoms with Crippen molar-refractivity contribution in [3.63, 3.8) is 0 Å². The van der Waals surface area contributed by atoms with Crippen LogP contribution in [0, 0.1) is 24.0 Å². The summed E-state index contributed by atoms with van der Waals surface area (Å²) in [6.45, 7) is 5.67. The van der Waals surface area contributed by atoms with Gasteiger partial charge in [-0.15, -0.1) is 0 Å². The molecule has 0 unspecified atom stereocenters. The van der Waals surface area contributed by atoms with Gasteiger partial charge in [0.15, 0.2) is 0 Å². The summed E-state index contributed by atoms with van der Waals surface area (Å²) in [7, 11) is 3.52. The minimum absolute atomic E-state index is 0.00148. The maximum atomic E-state index is 12.7. The number of rotatable bonds is 4. The Morgan fingerprint density at radius 3 is 2.30 bits per heavy atom. The number of nitro benzene ring substituents is 1. The smallest absolute Gasteiger partial charge is 0.269 e. The Hall–Kier alpha value is -2.70. The molecule has 0 aliphatic carbocycles. The number of anilines is 1. The van der Waals surface area contributed by atoms with E-state index in [1.165, 1.54) is 17.0 Å². The first-order valence-corrected chi connectivity index (χ1v) is 7.26. The highest BCUT2D eigenvalue weighted by Gasteiger charge is 2.26. The number of carbonyl (C=O) groups is 1. The van der Waals surface area contributed by atoms with Gasteiger partial charge in [-0.05, 0) is 32.9 Å². The van der Waals surface area contributed by atoms with Crippen molar-refractivity contribution in [1.29, 1.82) is 0 Å². The number of nitro groups is 1. The van der Waals surface area contributed by atoms with Gasteiger partial charge in [0.05, 0.1) is 16.5 Å². The third-order valence-corrected chi connectivity index (χ3v) is 4.15. The number of aromatic nitrogens is 2. The molecule has 1 heterocycles. The topological polar surface area (TPSA) is 81.3 Å².